The van der Waals surface area contributed by atoms with Crippen molar-refractivity contribution in [2.75, 3.05) is 6.61 Å². The van der Waals surface area contributed by atoms with Crippen LogP contribution in [0.1, 0.15) is 117 Å². The predicted molar refractivity (Wildman–Crippen MR) is 113 cm³/mol. The minimum absolute atomic E-state index is 0. The molecule has 0 aromatic heterocycles. The van der Waals surface area contributed by atoms with E-state index in [4.69, 9.17) is 0 Å². The van der Waals surface area contributed by atoms with E-state index in [0.29, 0.717) is 0 Å². The SMILES string of the molecule is CCCCC/C=C/C(CCCCCCCCCCCCC)COS(=O)(=O)[O-].[Na+]. The zero-order chi connectivity index (χ0) is 20.2. The van der Waals surface area contributed by atoms with E-state index in [9.17, 15) is 13.0 Å². The number of hydrogen-bond donors (Lipinski definition) is 0. The van der Waals surface area contributed by atoms with Gasteiger partial charge in [0, 0.05) is 5.92 Å². The number of rotatable bonds is 20. The third kappa shape index (κ3) is 24.6. The Hall–Kier alpha value is 0.610. The third-order valence-corrected chi connectivity index (χ3v) is 5.41. The second kappa shape index (κ2) is 22.3. The van der Waals surface area contributed by atoms with Crippen LogP contribution in [0, 0.1) is 5.92 Å². The maximum atomic E-state index is 10.7. The van der Waals surface area contributed by atoms with Crippen LogP contribution in [0.3, 0.4) is 0 Å². The first-order valence-corrected chi connectivity index (χ1v) is 12.6. The van der Waals surface area contributed by atoms with Crippen molar-refractivity contribution in [1.82, 2.24) is 0 Å². The molecule has 1 atom stereocenters. The van der Waals surface area contributed by atoms with Crippen LogP contribution in [0.5, 0.6) is 0 Å². The van der Waals surface area contributed by atoms with E-state index in [1.54, 1.807) is 0 Å². The Kier molecular flexibility index (Phi) is 24.5. The van der Waals surface area contributed by atoms with Gasteiger partial charge in [0.05, 0.1) is 6.61 Å². The topological polar surface area (TPSA) is 66.4 Å². The monoisotopic (exact) mass is 426 g/mol. The fourth-order valence-corrected chi connectivity index (χ4v) is 3.62. The molecule has 28 heavy (non-hydrogen) atoms. The van der Waals surface area contributed by atoms with E-state index in [-0.39, 0.29) is 42.1 Å². The Morgan fingerprint density at radius 3 is 1.75 bits per heavy atom. The normalized spacial score (nSPS) is 13.0. The molecule has 0 saturated carbocycles. The molecule has 0 radical (unpaired) electrons. The van der Waals surface area contributed by atoms with Crippen molar-refractivity contribution in [3.05, 3.63) is 12.2 Å². The standard InChI is InChI=1S/C22H44O4S.Na/c1-3-5-7-9-10-11-12-13-14-16-18-20-22(21-26-27(23,24)25)19-17-15-8-6-4-2;/h17,19,22H,3-16,18,20-21H2,1-2H3,(H,23,24,25);/q;+1/p-1/b19-17+;. The van der Waals surface area contributed by atoms with Gasteiger partial charge in [0.15, 0.2) is 0 Å². The van der Waals surface area contributed by atoms with Gasteiger partial charge in [-0.1, -0.05) is 109 Å². The first kappa shape index (κ1) is 30.8. The third-order valence-electron chi connectivity index (χ3n) is 4.99. The Labute approximate surface area is 197 Å². The summed E-state index contributed by atoms with van der Waals surface area (Å²) >= 11 is 0. The van der Waals surface area contributed by atoms with Crippen molar-refractivity contribution < 1.29 is 46.7 Å². The van der Waals surface area contributed by atoms with Gasteiger partial charge in [0.1, 0.15) is 0 Å². The summed E-state index contributed by atoms with van der Waals surface area (Å²) in [6.45, 7) is 4.40. The zero-order valence-electron chi connectivity index (χ0n) is 18.8. The van der Waals surface area contributed by atoms with Crippen LogP contribution in [0.15, 0.2) is 12.2 Å². The molecule has 0 spiro atoms. The Morgan fingerprint density at radius 1 is 0.786 bits per heavy atom. The summed E-state index contributed by atoms with van der Waals surface area (Å²) in [4.78, 5) is 0. The summed E-state index contributed by atoms with van der Waals surface area (Å²) in [6, 6.07) is 0. The van der Waals surface area contributed by atoms with Gasteiger partial charge in [0.2, 0.25) is 10.4 Å². The van der Waals surface area contributed by atoms with Gasteiger partial charge in [-0.2, -0.15) is 0 Å². The smallest absolute Gasteiger partial charge is 0.726 e. The van der Waals surface area contributed by atoms with Crippen LogP contribution < -0.4 is 29.6 Å². The van der Waals surface area contributed by atoms with Crippen LogP contribution in [0.25, 0.3) is 0 Å². The molecule has 0 aliphatic heterocycles. The molecule has 6 heteroatoms. The molecule has 0 bridgehead atoms. The molecule has 0 aliphatic rings. The van der Waals surface area contributed by atoms with Gasteiger partial charge in [-0.25, -0.2) is 8.42 Å². The molecule has 0 aromatic carbocycles. The summed E-state index contributed by atoms with van der Waals surface area (Å²) in [7, 11) is -4.60. The number of unbranched alkanes of at least 4 members (excludes halogenated alkanes) is 13. The first-order chi connectivity index (χ1) is 13.0. The molecule has 0 saturated heterocycles. The molecule has 1 unspecified atom stereocenters. The Balaban J connectivity index is 0. The fourth-order valence-electron chi connectivity index (χ4n) is 3.28. The number of allylic oxidation sites excluding steroid dienone is 1. The van der Waals surface area contributed by atoms with E-state index >= 15 is 0 Å². The molecule has 162 valence electrons. The minimum Gasteiger partial charge on any atom is -0.726 e. The second-order valence-electron chi connectivity index (χ2n) is 7.70. The average molecular weight is 427 g/mol. The van der Waals surface area contributed by atoms with E-state index in [1.165, 1.54) is 77.0 Å². The van der Waals surface area contributed by atoms with Gasteiger partial charge >= 0.3 is 29.6 Å². The Morgan fingerprint density at radius 2 is 1.25 bits per heavy atom. The van der Waals surface area contributed by atoms with Crippen molar-refractivity contribution in [2.24, 2.45) is 5.92 Å². The molecule has 0 rings (SSSR count). The van der Waals surface area contributed by atoms with E-state index < -0.39 is 10.4 Å². The largest absolute Gasteiger partial charge is 1.00 e. The maximum Gasteiger partial charge on any atom is 1.00 e. The van der Waals surface area contributed by atoms with Crippen molar-refractivity contribution in [3.63, 3.8) is 0 Å². The molecule has 0 N–H and O–H groups in total. The van der Waals surface area contributed by atoms with Crippen LogP contribution in [0.4, 0.5) is 0 Å². The molecule has 4 nitrogen and oxygen atoms in total. The molecular formula is C22H43NaO4S. The van der Waals surface area contributed by atoms with Crippen molar-refractivity contribution in [3.8, 4) is 0 Å². The zero-order valence-corrected chi connectivity index (χ0v) is 21.6. The van der Waals surface area contributed by atoms with E-state index in [2.05, 4.69) is 24.1 Å². The number of hydrogen-bond acceptors (Lipinski definition) is 4. The summed E-state index contributed by atoms with van der Waals surface area (Å²) in [5.41, 5.74) is 0. The van der Waals surface area contributed by atoms with Gasteiger partial charge < -0.3 is 4.55 Å². The van der Waals surface area contributed by atoms with Gasteiger partial charge in [-0.3, -0.25) is 4.18 Å². The quantitative estimate of drug-likeness (QED) is 0.0973. The predicted octanol–water partition coefficient (Wildman–Crippen LogP) is 3.92. The van der Waals surface area contributed by atoms with Crippen LogP contribution >= 0.6 is 0 Å². The van der Waals surface area contributed by atoms with Crippen molar-refractivity contribution in [1.29, 1.82) is 0 Å². The van der Waals surface area contributed by atoms with Crippen LogP contribution in [0.2, 0.25) is 0 Å². The molecule has 0 amide bonds. The minimum atomic E-state index is -4.60. The summed E-state index contributed by atoms with van der Waals surface area (Å²) < 4.78 is 36.6. The molecule has 0 aliphatic carbocycles. The molecule has 0 aromatic rings. The van der Waals surface area contributed by atoms with Crippen molar-refractivity contribution >= 4 is 10.4 Å². The van der Waals surface area contributed by atoms with Gasteiger partial charge in [-0.15, -0.1) is 0 Å². The average Bonchev–Trinajstić information content (AvgIpc) is 2.62. The molecule has 0 fully saturated rings. The first-order valence-electron chi connectivity index (χ1n) is 11.3. The summed E-state index contributed by atoms with van der Waals surface area (Å²) in [5, 5.41) is 0. The van der Waals surface area contributed by atoms with E-state index in [0.717, 1.165) is 25.7 Å². The second-order valence-corrected chi connectivity index (χ2v) is 8.75. The van der Waals surface area contributed by atoms with Gasteiger partial charge in [0.25, 0.3) is 0 Å². The van der Waals surface area contributed by atoms with Crippen LogP contribution in [-0.2, 0) is 14.6 Å². The molecule has 0 heterocycles. The van der Waals surface area contributed by atoms with E-state index in [1.807, 2.05) is 6.08 Å². The fraction of sp³-hybridized carbons (Fsp3) is 0.909. The van der Waals surface area contributed by atoms with Crippen molar-refractivity contribution in [2.45, 2.75) is 117 Å². The summed E-state index contributed by atoms with van der Waals surface area (Å²) in [6.07, 6.45) is 23.8. The molecular weight excluding hydrogens is 383 g/mol. The van der Waals surface area contributed by atoms with Crippen LogP contribution in [-0.4, -0.2) is 19.6 Å². The Bertz CT molecular complexity index is 438. The maximum absolute atomic E-state index is 10.7. The summed E-state index contributed by atoms with van der Waals surface area (Å²) in [5.74, 6) is 0.0221. The van der Waals surface area contributed by atoms with Gasteiger partial charge in [-0.05, 0) is 19.3 Å².